The fourth-order valence-corrected chi connectivity index (χ4v) is 1.83. The molecular formula is C10H12FN. The van der Waals surface area contributed by atoms with E-state index in [0.717, 1.165) is 18.4 Å². The van der Waals surface area contributed by atoms with Crippen molar-refractivity contribution in [3.05, 3.63) is 35.1 Å². The molecule has 1 unspecified atom stereocenters. The van der Waals surface area contributed by atoms with E-state index in [0.29, 0.717) is 0 Å². The highest BCUT2D eigenvalue weighted by molar-refractivity contribution is 5.37. The minimum atomic E-state index is -0.322. The summed E-state index contributed by atoms with van der Waals surface area (Å²) in [4.78, 5) is 0. The Bertz CT molecular complexity index is 318. The maximum Gasteiger partial charge on any atom is 0.123 e. The van der Waals surface area contributed by atoms with Crippen molar-refractivity contribution in [3.63, 3.8) is 0 Å². The van der Waals surface area contributed by atoms with Crippen LogP contribution in [0.4, 0.5) is 4.39 Å². The van der Waals surface area contributed by atoms with Gasteiger partial charge in [-0.1, -0.05) is 6.07 Å². The Hall–Kier alpha value is -0.890. The van der Waals surface area contributed by atoms with Crippen LogP contribution >= 0.6 is 0 Å². The second-order valence-electron chi connectivity index (χ2n) is 3.72. The monoisotopic (exact) mass is 165 g/mol. The van der Waals surface area contributed by atoms with E-state index in [2.05, 4.69) is 0 Å². The van der Waals surface area contributed by atoms with Gasteiger partial charge in [0.05, 0.1) is 0 Å². The summed E-state index contributed by atoms with van der Waals surface area (Å²) in [6, 6.07) is 4.89. The molecule has 1 nitrogen and oxygen atoms in total. The SMILES string of the molecule is CC1(N)CCc2ccc(F)cc21. The molecule has 2 rings (SSSR count). The van der Waals surface area contributed by atoms with Gasteiger partial charge in [-0.05, 0) is 43.0 Å². The van der Waals surface area contributed by atoms with Gasteiger partial charge in [0.25, 0.3) is 0 Å². The van der Waals surface area contributed by atoms with Gasteiger partial charge in [0.1, 0.15) is 5.82 Å². The average Bonchev–Trinajstić information content (AvgIpc) is 2.28. The molecule has 0 heterocycles. The molecule has 0 fully saturated rings. The van der Waals surface area contributed by atoms with Crippen molar-refractivity contribution in [2.75, 3.05) is 0 Å². The Morgan fingerprint density at radius 3 is 3.00 bits per heavy atom. The van der Waals surface area contributed by atoms with Gasteiger partial charge in [-0.15, -0.1) is 0 Å². The van der Waals surface area contributed by atoms with Crippen LogP contribution in [-0.2, 0) is 12.0 Å². The summed E-state index contributed by atoms with van der Waals surface area (Å²) < 4.78 is 12.8. The molecule has 1 aliphatic rings. The van der Waals surface area contributed by atoms with Gasteiger partial charge in [-0.3, -0.25) is 0 Å². The normalized spacial score (nSPS) is 27.2. The fraction of sp³-hybridized carbons (Fsp3) is 0.400. The number of nitrogens with two attached hydrogens (primary N) is 1. The van der Waals surface area contributed by atoms with Gasteiger partial charge in [0, 0.05) is 5.54 Å². The lowest BCUT2D eigenvalue weighted by atomic mass is 9.96. The lowest BCUT2D eigenvalue weighted by molar-refractivity contribution is 0.488. The van der Waals surface area contributed by atoms with Crippen molar-refractivity contribution < 1.29 is 4.39 Å². The molecule has 0 saturated heterocycles. The first kappa shape index (κ1) is 7.74. The Balaban J connectivity index is 2.57. The summed E-state index contributed by atoms with van der Waals surface area (Å²) in [6.45, 7) is 1.96. The second-order valence-corrected chi connectivity index (χ2v) is 3.72. The number of hydrogen-bond donors (Lipinski definition) is 1. The van der Waals surface area contributed by atoms with E-state index in [4.69, 9.17) is 5.73 Å². The molecule has 0 radical (unpaired) electrons. The first-order valence-electron chi connectivity index (χ1n) is 4.17. The van der Waals surface area contributed by atoms with E-state index in [-0.39, 0.29) is 11.4 Å². The molecule has 0 aliphatic heterocycles. The van der Waals surface area contributed by atoms with E-state index in [1.54, 1.807) is 6.07 Å². The first-order valence-corrected chi connectivity index (χ1v) is 4.17. The van der Waals surface area contributed by atoms with Crippen LogP contribution in [0.3, 0.4) is 0 Å². The highest BCUT2D eigenvalue weighted by Gasteiger charge is 2.30. The van der Waals surface area contributed by atoms with Crippen LogP contribution in [0.1, 0.15) is 24.5 Å². The molecule has 0 amide bonds. The van der Waals surface area contributed by atoms with E-state index < -0.39 is 0 Å². The topological polar surface area (TPSA) is 26.0 Å². The standard InChI is InChI=1S/C10H12FN/c1-10(12)5-4-7-2-3-8(11)6-9(7)10/h2-3,6H,4-5,12H2,1H3. The van der Waals surface area contributed by atoms with Crippen LogP contribution in [0.25, 0.3) is 0 Å². The van der Waals surface area contributed by atoms with Crippen molar-refractivity contribution in [1.29, 1.82) is 0 Å². The third-order valence-electron chi connectivity index (χ3n) is 2.60. The number of fused-ring (bicyclic) bond motifs is 1. The summed E-state index contributed by atoms with van der Waals surface area (Å²) in [5, 5.41) is 0. The molecule has 0 bridgehead atoms. The lowest BCUT2D eigenvalue weighted by Crippen LogP contribution is -2.29. The Labute approximate surface area is 71.4 Å². The van der Waals surface area contributed by atoms with Crippen LogP contribution in [0.2, 0.25) is 0 Å². The zero-order valence-corrected chi connectivity index (χ0v) is 7.10. The molecule has 2 N–H and O–H groups in total. The third-order valence-corrected chi connectivity index (χ3v) is 2.60. The molecule has 1 aromatic carbocycles. The van der Waals surface area contributed by atoms with Crippen molar-refractivity contribution in [2.24, 2.45) is 5.73 Å². The largest absolute Gasteiger partial charge is 0.322 e. The maximum absolute atomic E-state index is 12.8. The summed E-state index contributed by atoms with van der Waals surface area (Å²) in [6.07, 6.45) is 1.90. The predicted molar refractivity (Wildman–Crippen MR) is 46.3 cm³/mol. The molecule has 1 atom stereocenters. The fourth-order valence-electron chi connectivity index (χ4n) is 1.83. The number of aryl methyl sites for hydroxylation is 1. The van der Waals surface area contributed by atoms with Crippen molar-refractivity contribution in [2.45, 2.75) is 25.3 Å². The van der Waals surface area contributed by atoms with Gasteiger partial charge < -0.3 is 5.73 Å². The summed E-state index contributed by atoms with van der Waals surface area (Å²) in [5.41, 5.74) is 7.84. The van der Waals surface area contributed by atoms with Gasteiger partial charge in [0.15, 0.2) is 0 Å². The van der Waals surface area contributed by atoms with Crippen molar-refractivity contribution in [3.8, 4) is 0 Å². The Morgan fingerprint density at radius 1 is 1.50 bits per heavy atom. The number of rotatable bonds is 0. The highest BCUT2D eigenvalue weighted by atomic mass is 19.1. The van der Waals surface area contributed by atoms with E-state index >= 15 is 0 Å². The smallest absolute Gasteiger partial charge is 0.123 e. The predicted octanol–water partition coefficient (Wildman–Crippen LogP) is 1.95. The Morgan fingerprint density at radius 2 is 2.25 bits per heavy atom. The zero-order valence-electron chi connectivity index (χ0n) is 7.10. The quantitative estimate of drug-likeness (QED) is 0.624. The first-order chi connectivity index (χ1) is 5.59. The van der Waals surface area contributed by atoms with Crippen LogP contribution in [0, 0.1) is 5.82 Å². The minimum Gasteiger partial charge on any atom is -0.322 e. The highest BCUT2D eigenvalue weighted by Crippen LogP contribution is 2.34. The zero-order chi connectivity index (χ0) is 8.77. The molecular weight excluding hydrogens is 153 g/mol. The second kappa shape index (κ2) is 2.30. The minimum absolute atomic E-state index is 0.188. The summed E-state index contributed by atoms with van der Waals surface area (Å²) >= 11 is 0. The molecule has 1 aliphatic carbocycles. The van der Waals surface area contributed by atoms with Gasteiger partial charge in [-0.2, -0.15) is 0 Å². The average molecular weight is 165 g/mol. The van der Waals surface area contributed by atoms with Crippen LogP contribution in [0.5, 0.6) is 0 Å². The lowest BCUT2D eigenvalue weighted by Gasteiger charge is -2.18. The van der Waals surface area contributed by atoms with Gasteiger partial charge in [0.2, 0.25) is 0 Å². The van der Waals surface area contributed by atoms with Crippen LogP contribution < -0.4 is 5.73 Å². The number of benzene rings is 1. The van der Waals surface area contributed by atoms with Crippen molar-refractivity contribution in [1.82, 2.24) is 0 Å². The van der Waals surface area contributed by atoms with E-state index in [9.17, 15) is 4.39 Å². The molecule has 0 saturated carbocycles. The molecule has 0 spiro atoms. The molecule has 1 aromatic rings. The number of hydrogen-bond acceptors (Lipinski definition) is 1. The Kier molecular flexibility index (Phi) is 1.48. The maximum atomic E-state index is 12.8. The number of halogens is 1. The summed E-state index contributed by atoms with van der Waals surface area (Å²) in [7, 11) is 0. The van der Waals surface area contributed by atoms with Crippen molar-refractivity contribution >= 4 is 0 Å². The van der Waals surface area contributed by atoms with Crippen LogP contribution in [0.15, 0.2) is 18.2 Å². The van der Waals surface area contributed by atoms with Gasteiger partial charge in [-0.25, -0.2) is 4.39 Å². The molecule has 12 heavy (non-hydrogen) atoms. The summed E-state index contributed by atoms with van der Waals surface area (Å²) in [5.74, 6) is -0.188. The molecule has 64 valence electrons. The van der Waals surface area contributed by atoms with Gasteiger partial charge >= 0.3 is 0 Å². The van der Waals surface area contributed by atoms with E-state index in [1.807, 2.05) is 13.0 Å². The third kappa shape index (κ3) is 1.03. The van der Waals surface area contributed by atoms with Crippen LogP contribution in [-0.4, -0.2) is 0 Å². The van der Waals surface area contributed by atoms with E-state index in [1.165, 1.54) is 11.6 Å². The molecule has 2 heteroatoms. The molecule has 0 aromatic heterocycles.